The Morgan fingerprint density at radius 3 is 2.39 bits per heavy atom. The molecule has 54 heavy (non-hydrogen) atoms. The number of nitrogens with zero attached hydrogens (tertiary/aromatic N) is 2. The molecule has 2 aromatic heterocycles. The lowest BCUT2D eigenvalue weighted by molar-refractivity contribution is -0.193. The van der Waals surface area contributed by atoms with E-state index in [0.717, 1.165) is 28.6 Å². The van der Waals surface area contributed by atoms with E-state index in [1.54, 1.807) is 50.5 Å². The third kappa shape index (κ3) is 8.20. The number of hydrogen-bond acceptors (Lipinski definition) is 11. The maximum absolute atomic E-state index is 14.5. The number of halogens is 1. The van der Waals surface area contributed by atoms with Gasteiger partial charge in [-0.15, -0.1) is 11.6 Å². The molecule has 4 heterocycles. The zero-order valence-electron chi connectivity index (χ0n) is 32.6. The zero-order chi connectivity index (χ0) is 40.0. The second kappa shape index (κ2) is 15.1. The number of carbonyl (C=O) groups is 4. The number of benzene rings is 1. The fraction of sp³-hybridized carbons (Fsp3) is 0.538. The molecule has 2 aliphatic heterocycles. The molecule has 1 amide bonds. The van der Waals surface area contributed by atoms with E-state index in [4.69, 9.17) is 41.3 Å². The second-order valence-electron chi connectivity index (χ2n) is 16.5. The number of fused-ring (bicyclic) bond motifs is 5. The molecule has 1 aromatic carbocycles. The summed E-state index contributed by atoms with van der Waals surface area (Å²) in [4.78, 5) is 71.8. The summed E-state index contributed by atoms with van der Waals surface area (Å²) in [5, 5.41) is 4.45. The van der Waals surface area contributed by atoms with Gasteiger partial charge in [-0.1, -0.05) is 26.1 Å². The first-order valence-electron chi connectivity index (χ1n) is 18.3. The molecule has 0 saturated carbocycles. The summed E-state index contributed by atoms with van der Waals surface area (Å²) in [5.41, 5.74) is 5.57. The molecular weight excluding hydrogens is 732 g/mol. The quantitative estimate of drug-likeness (QED) is 0.0609. The van der Waals surface area contributed by atoms with Crippen LogP contribution < -0.4 is 21.8 Å². The first-order valence-corrected chi connectivity index (χ1v) is 22.1. The summed E-state index contributed by atoms with van der Waals surface area (Å²) in [7, 11) is -2.33. The van der Waals surface area contributed by atoms with E-state index in [1.165, 1.54) is 0 Å². The highest BCUT2D eigenvalue weighted by molar-refractivity contribution is 6.92. The summed E-state index contributed by atoms with van der Waals surface area (Å²) >= 11 is 6.19. The number of nitrogens with two attached hydrogens (primary N) is 1. The van der Waals surface area contributed by atoms with Crippen molar-refractivity contribution in [2.75, 3.05) is 12.4 Å². The van der Waals surface area contributed by atoms with Gasteiger partial charge in [0.2, 0.25) is 5.60 Å². The highest BCUT2D eigenvalue weighted by atomic mass is 35.5. The average molecular weight is 783 g/mol. The normalized spacial score (nSPS) is 18.0. The van der Waals surface area contributed by atoms with Crippen molar-refractivity contribution >= 4 is 59.8 Å². The standard InChI is InChI=1S/C39H51ClN4O9Si/c1-10-39(51-28(45)13-11-17-42-36(49)53-38(5,6)7)25-20-27-30-24(21-44(27)33(46)29(25)32(41)50-35(39)48)31(54(8,9)18-12-16-40)23-19-22(14-15-26(23)43-30)34(47)52-37(2,3)4/h14-15,19-20,32H,10-13,16-18,21,41H2,1-9H3,(H,42,49). The molecule has 0 bridgehead atoms. The van der Waals surface area contributed by atoms with Gasteiger partial charge in [-0.25, -0.2) is 19.4 Å². The topological polar surface area (TPSA) is 178 Å². The monoisotopic (exact) mass is 782 g/mol. The number of hydrogen-bond donors (Lipinski definition) is 2. The summed E-state index contributed by atoms with van der Waals surface area (Å²) < 4.78 is 23.9. The minimum absolute atomic E-state index is 0.0179. The van der Waals surface area contributed by atoms with E-state index in [2.05, 4.69) is 18.4 Å². The number of amides is 1. The van der Waals surface area contributed by atoms with Crippen LogP contribution in [0.5, 0.6) is 0 Å². The predicted molar refractivity (Wildman–Crippen MR) is 208 cm³/mol. The van der Waals surface area contributed by atoms with Crippen LogP contribution in [0.25, 0.3) is 22.3 Å². The number of nitrogens with one attached hydrogen (secondary N) is 1. The molecule has 292 valence electrons. The van der Waals surface area contributed by atoms with Crippen molar-refractivity contribution < 1.29 is 38.1 Å². The summed E-state index contributed by atoms with van der Waals surface area (Å²) in [6, 6.07) is 7.81. The Bertz CT molecular complexity index is 2070. The summed E-state index contributed by atoms with van der Waals surface area (Å²) in [5.74, 6) is -1.57. The lowest BCUT2D eigenvalue weighted by Crippen LogP contribution is -2.50. The molecule has 15 heteroatoms. The minimum Gasteiger partial charge on any atom is -0.456 e. The molecular formula is C39H51ClN4O9Si. The van der Waals surface area contributed by atoms with Gasteiger partial charge in [-0.3, -0.25) is 15.3 Å². The number of ether oxygens (including phenoxy) is 4. The highest BCUT2D eigenvalue weighted by Crippen LogP contribution is 2.43. The van der Waals surface area contributed by atoms with E-state index < -0.39 is 60.7 Å². The van der Waals surface area contributed by atoms with Crippen molar-refractivity contribution in [3.8, 4) is 11.4 Å². The molecule has 2 unspecified atom stereocenters. The lowest BCUT2D eigenvalue weighted by atomic mass is 9.84. The average Bonchev–Trinajstić information content (AvgIpc) is 3.42. The van der Waals surface area contributed by atoms with Crippen molar-refractivity contribution in [1.82, 2.24) is 14.9 Å². The molecule has 3 N–H and O–H groups in total. The Balaban J connectivity index is 1.59. The van der Waals surface area contributed by atoms with Crippen LogP contribution in [0.2, 0.25) is 19.1 Å². The summed E-state index contributed by atoms with van der Waals surface area (Å²) in [6.45, 7) is 17.1. The first kappa shape index (κ1) is 40.9. The molecule has 13 nitrogen and oxygen atoms in total. The van der Waals surface area contributed by atoms with Crippen molar-refractivity contribution in [1.29, 1.82) is 0 Å². The van der Waals surface area contributed by atoms with Gasteiger partial charge in [-0.2, -0.15) is 0 Å². The van der Waals surface area contributed by atoms with Crippen molar-refractivity contribution in [2.45, 2.75) is 123 Å². The molecule has 0 saturated heterocycles. The van der Waals surface area contributed by atoms with E-state index in [-0.39, 0.29) is 43.5 Å². The van der Waals surface area contributed by atoms with Crippen LogP contribution in [0.1, 0.15) is 107 Å². The van der Waals surface area contributed by atoms with Gasteiger partial charge in [0.15, 0.2) is 6.23 Å². The Hall–Kier alpha value is -4.27. The second-order valence-corrected chi connectivity index (χ2v) is 21.6. The third-order valence-corrected chi connectivity index (χ3v) is 13.3. The Kier molecular flexibility index (Phi) is 11.4. The molecule has 2 aliphatic rings. The number of pyridine rings is 2. The SMILES string of the molecule is CCC1(OC(=O)CCCNC(=O)OC(C)(C)C)C(=O)OC(N)c2c1cc1n(c2=O)Cc2c-1nc1ccc(C(=O)OC(C)(C)C)cc1c2[Si](C)(C)CCCCl. The number of aromatic nitrogens is 2. The van der Waals surface area contributed by atoms with E-state index in [1.807, 2.05) is 26.8 Å². The van der Waals surface area contributed by atoms with Crippen LogP contribution >= 0.6 is 11.6 Å². The number of cyclic esters (lactones) is 1. The number of alkyl carbamates (subject to hydrolysis) is 1. The van der Waals surface area contributed by atoms with Gasteiger partial charge >= 0.3 is 24.0 Å². The Labute approximate surface area is 321 Å². The highest BCUT2D eigenvalue weighted by Gasteiger charge is 2.52. The van der Waals surface area contributed by atoms with Crippen LogP contribution in [0.15, 0.2) is 29.1 Å². The first-order chi connectivity index (χ1) is 25.1. The molecule has 0 spiro atoms. The van der Waals surface area contributed by atoms with Gasteiger partial charge in [0.05, 0.1) is 42.7 Å². The number of rotatable bonds is 11. The van der Waals surface area contributed by atoms with Crippen molar-refractivity contribution in [2.24, 2.45) is 5.73 Å². The van der Waals surface area contributed by atoms with Crippen LogP contribution in [0.4, 0.5) is 4.79 Å². The predicted octanol–water partition coefficient (Wildman–Crippen LogP) is 5.89. The fourth-order valence-electron chi connectivity index (χ4n) is 7.19. The van der Waals surface area contributed by atoms with Gasteiger partial charge in [0, 0.05) is 29.8 Å². The molecule has 0 fully saturated rings. The summed E-state index contributed by atoms with van der Waals surface area (Å²) in [6.07, 6.45) is -1.20. The van der Waals surface area contributed by atoms with E-state index in [0.29, 0.717) is 28.3 Å². The Morgan fingerprint density at radius 2 is 1.76 bits per heavy atom. The maximum atomic E-state index is 14.5. The molecule has 3 aromatic rings. The van der Waals surface area contributed by atoms with Crippen molar-refractivity contribution in [3.63, 3.8) is 0 Å². The molecule has 0 aliphatic carbocycles. The van der Waals surface area contributed by atoms with Gasteiger partial charge in [0.1, 0.15) is 11.2 Å². The fourth-order valence-corrected chi connectivity index (χ4v) is 10.8. The molecule has 2 atom stereocenters. The van der Waals surface area contributed by atoms with Gasteiger partial charge in [-0.05, 0) is 95.8 Å². The smallest absolute Gasteiger partial charge is 0.407 e. The van der Waals surface area contributed by atoms with Gasteiger partial charge in [0.25, 0.3) is 5.56 Å². The van der Waals surface area contributed by atoms with Crippen LogP contribution in [-0.2, 0) is 40.7 Å². The number of esters is 3. The zero-order valence-corrected chi connectivity index (χ0v) is 34.3. The van der Waals surface area contributed by atoms with Crippen LogP contribution in [0.3, 0.4) is 0 Å². The molecule has 0 radical (unpaired) electrons. The third-order valence-electron chi connectivity index (χ3n) is 9.52. The van der Waals surface area contributed by atoms with Crippen LogP contribution in [-0.4, -0.2) is 65.3 Å². The maximum Gasteiger partial charge on any atom is 0.407 e. The molecule has 5 rings (SSSR count). The van der Waals surface area contributed by atoms with Crippen LogP contribution in [0, 0.1) is 0 Å². The van der Waals surface area contributed by atoms with Crippen molar-refractivity contribution in [3.05, 3.63) is 56.9 Å². The Morgan fingerprint density at radius 1 is 1.07 bits per heavy atom. The van der Waals surface area contributed by atoms with E-state index in [9.17, 15) is 24.0 Å². The largest absolute Gasteiger partial charge is 0.456 e. The minimum atomic E-state index is -2.33. The van der Waals surface area contributed by atoms with E-state index >= 15 is 0 Å². The number of carbonyl (C=O) groups excluding carboxylic acids is 4. The van der Waals surface area contributed by atoms with Gasteiger partial charge < -0.3 is 28.8 Å². The number of alkyl halides is 1. The lowest BCUT2D eigenvalue weighted by Gasteiger charge is -2.37.